The van der Waals surface area contributed by atoms with Crippen molar-refractivity contribution in [3.63, 3.8) is 0 Å². The summed E-state index contributed by atoms with van der Waals surface area (Å²) in [5.74, 6) is 0.509. The Balaban J connectivity index is 2.10. The van der Waals surface area contributed by atoms with E-state index in [1.807, 2.05) is 18.4 Å². The van der Waals surface area contributed by atoms with Gasteiger partial charge in [0.2, 0.25) is 0 Å². The first-order chi connectivity index (χ1) is 9.51. The predicted molar refractivity (Wildman–Crippen MR) is 86.6 cm³/mol. The zero-order valence-corrected chi connectivity index (χ0v) is 14.3. The minimum atomic E-state index is 0.509. The van der Waals surface area contributed by atoms with Gasteiger partial charge in [-0.3, -0.25) is 0 Å². The molecule has 20 heavy (non-hydrogen) atoms. The summed E-state index contributed by atoms with van der Waals surface area (Å²) in [6.07, 6.45) is 1.08. The van der Waals surface area contributed by atoms with E-state index in [0.29, 0.717) is 12.0 Å². The normalized spacial score (nSPS) is 21.8. The van der Waals surface area contributed by atoms with Crippen molar-refractivity contribution >= 4 is 11.3 Å². The summed E-state index contributed by atoms with van der Waals surface area (Å²) >= 11 is 1.89. The molecule has 1 N–H and O–H groups in total. The molecule has 0 amide bonds. The zero-order valence-electron chi connectivity index (χ0n) is 13.4. The number of aromatic nitrogens is 1. The molecule has 5 heteroatoms. The summed E-state index contributed by atoms with van der Waals surface area (Å²) in [6.45, 7) is 8.89. The van der Waals surface area contributed by atoms with Gasteiger partial charge >= 0.3 is 0 Å². The number of hydrogen-bond acceptors (Lipinski definition) is 5. The van der Waals surface area contributed by atoms with Crippen molar-refractivity contribution in [1.29, 1.82) is 0 Å². The van der Waals surface area contributed by atoms with Crippen molar-refractivity contribution in [3.8, 4) is 0 Å². The minimum Gasteiger partial charge on any atom is -0.315 e. The van der Waals surface area contributed by atoms with E-state index < -0.39 is 0 Å². The van der Waals surface area contributed by atoms with Crippen molar-refractivity contribution < 1.29 is 0 Å². The van der Waals surface area contributed by atoms with Gasteiger partial charge in [-0.05, 0) is 27.1 Å². The van der Waals surface area contributed by atoms with Crippen molar-refractivity contribution in [1.82, 2.24) is 20.1 Å². The smallest absolute Gasteiger partial charge is 0.0947 e. The molecule has 0 saturated carbocycles. The molecule has 1 unspecified atom stereocenters. The van der Waals surface area contributed by atoms with Gasteiger partial charge in [0, 0.05) is 43.5 Å². The molecule has 0 spiro atoms. The standard InChI is InChI=1S/C15H28N4S/c1-11(2)15-13(9-16-3)20-14(17-15)8-12-10-18(4)6-7-19(12)5/h11-12,16H,6-10H2,1-5H3. The topological polar surface area (TPSA) is 31.4 Å². The maximum Gasteiger partial charge on any atom is 0.0947 e. The molecule has 2 heterocycles. The fourth-order valence-corrected chi connectivity index (χ4v) is 4.07. The van der Waals surface area contributed by atoms with E-state index in [9.17, 15) is 0 Å². The van der Waals surface area contributed by atoms with Gasteiger partial charge < -0.3 is 15.1 Å². The van der Waals surface area contributed by atoms with Crippen LogP contribution >= 0.6 is 11.3 Å². The van der Waals surface area contributed by atoms with Crippen LogP contribution in [0.1, 0.15) is 35.3 Å². The summed E-state index contributed by atoms with van der Waals surface area (Å²) in [5, 5.41) is 4.56. The Morgan fingerprint density at radius 1 is 1.35 bits per heavy atom. The Kier molecular flexibility index (Phi) is 5.55. The Labute approximate surface area is 127 Å². The molecular weight excluding hydrogens is 268 g/mol. The molecule has 0 aromatic carbocycles. The van der Waals surface area contributed by atoms with Crippen molar-refractivity contribution in [2.45, 2.75) is 38.8 Å². The Bertz CT molecular complexity index is 430. The first kappa shape index (κ1) is 15.9. The minimum absolute atomic E-state index is 0.509. The average Bonchev–Trinajstić information content (AvgIpc) is 2.77. The molecule has 1 atom stereocenters. The highest BCUT2D eigenvalue weighted by Gasteiger charge is 2.24. The predicted octanol–water partition coefficient (Wildman–Crippen LogP) is 1.77. The number of rotatable bonds is 5. The monoisotopic (exact) mass is 296 g/mol. The van der Waals surface area contributed by atoms with E-state index in [1.54, 1.807) is 0 Å². The average molecular weight is 296 g/mol. The van der Waals surface area contributed by atoms with E-state index in [2.05, 4.69) is 43.1 Å². The quantitative estimate of drug-likeness (QED) is 0.897. The summed E-state index contributed by atoms with van der Waals surface area (Å²) in [6, 6.07) is 0.599. The number of likely N-dealkylation sites (N-methyl/N-ethyl adjacent to an activating group) is 2. The lowest BCUT2D eigenvalue weighted by molar-refractivity contribution is 0.114. The van der Waals surface area contributed by atoms with Crippen molar-refractivity contribution in [2.24, 2.45) is 0 Å². The maximum absolute atomic E-state index is 4.92. The van der Waals surface area contributed by atoms with Gasteiger partial charge in [-0.2, -0.15) is 0 Å². The van der Waals surface area contributed by atoms with E-state index in [4.69, 9.17) is 4.98 Å². The number of thiazole rings is 1. The molecule has 1 aromatic heterocycles. The lowest BCUT2D eigenvalue weighted by atomic mass is 10.1. The summed E-state index contributed by atoms with van der Waals surface area (Å²) in [4.78, 5) is 11.2. The molecule has 114 valence electrons. The highest BCUT2D eigenvalue weighted by molar-refractivity contribution is 7.11. The van der Waals surface area contributed by atoms with Crippen LogP contribution in [-0.4, -0.2) is 61.6 Å². The van der Waals surface area contributed by atoms with E-state index in [-0.39, 0.29) is 0 Å². The first-order valence-electron chi connectivity index (χ1n) is 7.53. The van der Waals surface area contributed by atoms with Crippen LogP contribution < -0.4 is 5.32 Å². The summed E-state index contributed by atoms with van der Waals surface area (Å²) in [5.41, 5.74) is 1.28. The summed E-state index contributed by atoms with van der Waals surface area (Å²) < 4.78 is 0. The van der Waals surface area contributed by atoms with E-state index in [0.717, 1.165) is 26.1 Å². The van der Waals surface area contributed by atoms with Crippen LogP contribution in [0.25, 0.3) is 0 Å². The van der Waals surface area contributed by atoms with E-state index in [1.165, 1.54) is 22.1 Å². The molecule has 0 aliphatic carbocycles. The number of piperazine rings is 1. The number of hydrogen-bond donors (Lipinski definition) is 1. The highest BCUT2D eigenvalue weighted by atomic mass is 32.1. The second-order valence-electron chi connectivity index (χ2n) is 6.20. The Morgan fingerprint density at radius 3 is 2.75 bits per heavy atom. The molecule has 1 fully saturated rings. The van der Waals surface area contributed by atoms with Crippen molar-refractivity contribution in [2.75, 3.05) is 40.8 Å². The molecular formula is C15H28N4S. The SMILES string of the molecule is CNCc1sc(CC2CN(C)CCN2C)nc1C(C)C. The van der Waals surface area contributed by atoms with Gasteiger partial charge in [0.1, 0.15) is 0 Å². The van der Waals surface area contributed by atoms with Gasteiger partial charge in [0.25, 0.3) is 0 Å². The lowest BCUT2D eigenvalue weighted by Gasteiger charge is -2.37. The van der Waals surface area contributed by atoms with Gasteiger partial charge in [-0.15, -0.1) is 11.3 Å². The Hall–Kier alpha value is -0.490. The molecule has 4 nitrogen and oxygen atoms in total. The maximum atomic E-state index is 4.92. The molecule has 1 aromatic rings. The van der Waals surface area contributed by atoms with Crippen LogP contribution in [0.2, 0.25) is 0 Å². The molecule has 1 saturated heterocycles. The van der Waals surface area contributed by atoms with Crippen LogP contribution in [-0.2, 0) is 13.0 Å². The van der Waals surface area contributed by atoms with Crippen LogP contribution in [0.4, 0.5) is 0 Å². The second kappa shape index (κ2) is 6.98. The molecule has 1 aliphatic heterocycles. The van der Waals surface area contributed by atoms with Crippen LogP contribution in [0.15, 0.2) is 0 Å². The second-order valence-corrected chi connectivity index (χ2v) is 7.37. The fourth-order valence-electron chi connectivity index (χ4n) is 2.76. The van der Waals surface area contributed by atoms with Crippen LogP contribution in [0.3, 0.4) is 0 Å². The molecule has 2 rings (SSSR count). The Morgan fingerprint density at radius 2 is 2.10 bits per heavy atom. The lowest BCUT2D eigenvalue weighted by Crippen LogP contribution is -2.50. The first-order valence-corrected chi connectivity index (χ1v) is 8.34. The third kappa shape index (κ3) is 3.79. The van der Waals surface area contributed by atoms with Crippen molar-refractivity contribution in [3.05, 3.63) is 15.6 Å². The van der Waals surface area contributed by atoms with Crippen LogP contribution in [0, 0.1) is 0 Å². The van der Waals surface area contributed by atoms with Gasteiger partial charge in [0.05, 0.1) is 10.7 Å². The van der Waals surface area contributed by atoms with Gasteiger partial charge in [-0.25, -0.2) is 4.98 Å². The molecule has 0 radical (unpaired) electrons. The third-order valence-corrected chi connectivity index (χ3v) is 5.14. The molecule has 0 bridgehead atoms. The third-order valence-electron chi connectivity index (χ3n) is 4.05. The fraction of sp³-hybridized carbons (Fsp3) is 0.800. The summed E-state index contributed by atoms with van der Waals surface area (Å²) in [7, 11) is 6.46. The largest absolute Gasteiger partial charge is 0.315 e. The van der Waals surface area contributed by atoms with Gasteiger partial charge in [0.15, 0.2) is 0 Å². The van der Waals surface area contributed by atoms with E-state index >= 15 is 0 Å². The molecule has 1 aliphatic rings. The zero-order chi connectivity index (χ0) is 14.7. The number of nitrogens with zero attached hydrogens (tertiary/aromatic N) is 3. The van der Waals surface area contributed by atoms with Gasteiger partial charge in [-0.1, -0.05) is 13.8 Å². The number of nitrogens with one attached hydrogen (secondary N) is 1. The van der Waals surface area contributed by atoms with Crippen LogP contribution in [0.5, 0.6) is 0 Å². The highest BCUT2D eigenvalue weighted by Crippen LogP contribution is 2.26.